The summed E-state index contributed by atoms with van der Waals surface area (Å²) >= 11 is 0. The number of nitrogens with zero attached hydrogens (tertiary/aromatic N) is 2. The smallest absolute Gasteiger partial charge is 0.180 e. The topological polar surface area (TPSA) is 55.6 Å². The molecule has 0 radical (unpaired) electrons. The fraction of sp³-hybridized carbons (Fsp3) is 0.0227. The molecule has 11 rings (SSSR count). The van der Waals surface area contributed by atoms with Crippen LogP contribution in [-0.4, -0.2) is 4.57 Å². The lowest BCUT2D eigenvalue weighted by Gasteiger charge is -2.23. The maximum absolute atomic E-state index is 6.63. The number of hydrogen-bond acceptors (Lipinski definition) is 4. The minimum Gasteiger partial charge on any atom is -0.452 e. The van der Waals surface area contributed by atoms with Crippen LogP contribution in [0.25, 0.3) is 77.1 Å². The molecule has 3 aromatic heterocycles. The van der Waals surface area contributed by atoms with Crippen molar-refractivity contribution in [3.63, 3.8) is 0 Å². The number of fused-ring (bicyclic) bond motifs is 13. The molecule has 1 aliphatic rings. The number of nitrogens with one attached hydrogen (secondary N) is 1. The molecular weight excluding hydrogens is 603 g/mol. The molecule has 0 fully saturated rings. The quantitative estimate of drug-likeness (QED) is 0.212. The molecule has 7 aromatic carbocycles. The first-order valence-electron chi connectivity index (χ1n) is 16.6. The summed E-state index contributed by atoms with van der Waals surface area (Å²) in [4.78, 5) is 5.15. The number of benzene rings is 7. The highest BCUT2D eigenvalue weighted by Crippen LogP contribution is 2.48. The van der Waals surface area contributed by atoms with Gasteiger partial charge in [0.2, 0.25) is 0 Å². The third-order valence-electron chi connectivity index (χ3n) is 10.0. The molecule has 0 spiro atoms. The first kappa shape index (κ1) is 26.5. The van der Waals surface area contributed by atoms with Crippen molar-refractivity contribution in [1.29, 1.82) is 0 Å². The van der Waals surface area contributed by atoms with Crippen molar-refractivity contribution in [3.05, 3.63) is 173 Å². The van der Waals surface area contributed by atoms with E-state index in [0.717, 1.165) is 88.0 Å². The minimum atomic E-state index is -0.223. The van der Waals surface area contributed by atoms with E-state index in [9.17, 15) is 0 Å². The Morgan fingerprint density at radius 2 is 1.14 bits per heavy atom. The number of rotatable bonds is 3. The number of para-hydroxylation sites is 4. The van der Waals surface area contributed by atoms with Gasteiger partial charge in [0.05, 0.1) is 27.5 Å². The van der Waals surface area contributed by atoms with Gasteiger partial charge < -0.3 is 18.7 Å². The zero-order valence-electron chi connectivity index (χ0n) is 26.2. The van der Waals surface area contributed by atoms with Crippen LogP contribution in [-0.2, 0) is 0 Å². The average Bonchev–Trinajstić information content (AvgIpc) is 3.85. The summed E-state index contributed by atoms with van der Waals surface area (Å²) in [7, 11) is 0. The van der Waals surface area contributed by atoms with Crippen LogP contribution in [0.3, 0.4) is 0 Å². The Kier molecular flexibility index (Phi) is 5.38. The highest BCUT2D eigenvalue weighted by atomic mass is 16.4. The number of furan rings is 2. The van der Waals surface area contributed by atoms with Gasteiger partial charge in [-0.15, -0.1) is 0 Å². The molecule has 1 unspecified atom stereocenters. The Bertz CT molecular complexity index is 3080. The van der Waals surface area contributed by atoms with Crippen LogP contribution in [0.1, 0.15) is 17.3 Å². The van der Waals surface area contributed by atoms with Crippen LogP contribution >= 0.6 is 0 Å². The molecule has 5 heteroatoms. The summed E-state index contributed by atoms with van der Waals surface area (Å²) in [5, 5.41) is 12.5. The van der Waals surface area contributed by atoms with E-state index in [2.05, 4.69) is 131 Å². The summed E-state index contributed by atoms with van der Waals surface area (Å²) in [6.45, 7) is 0. The molecule has 49 heavy (non-hydrogen) atoms. The lowest BCUT2D eigenvalue weighted by molar-refractivity contribution is 0.633. The maximum Gasteiger partial charge on any atom is 0.180 e. The predicted octanol–water partition coefficient (Wildman–Crippen LogP) is 9.66. The number of hydrogen-bond donors (Lipinski definition) is 1. The van der Waals surface area contributed by atoms with E-state index < -0.39 is 0 Å². The van der Waals surface area contributed by atoms with Crippen molar-refractivity contribution in [1.82, 2.24) is 9.88 Å². The Morgan fingerprint density at radius 3 is 1.92 bits per heavy atom. The van der Waals surface area contributed by atoms with Gasteiger partial charge in [-0.3, -0.25) is 4.99 Å². The van der Waals surface area contributed by atoms with Crippen molar-refractivity contribution in [3.8, 4) is 5.69 Å². The largest absolute Gasteiger partial charge is 0.452 e. The Balaban J connectivity index is 1.17. The molecule has 1 atom stereocenters. The van der Waals surface area contributed by atoms with Crippen LogP contribution in [0.5, 0.6) is 0 Å². The van der Waals surface area contributed by atoms with E-state index in [-0.39, 0.29) is 6.17 Å². The predicted molar refractivity (Wildman–Crippen MR) is 197 cm³/mol. The molecule has 0 saturated heterocycles. The molecule has 0 bridgehead atoms. The van der Waals surface area contributed by atoms with Crippen LogP contribution in [0.15, 0.2) is 165 Å². The molecular formula is C44H27N3O2. The van der Waals surface area contributed by atoms with Crippen molar-refractivity contribution in [2.75, 3.05) is 0 Å². The van der Waals surface area contributed by atoms with E-state index in [1.165, 1.54) is 10.8 Å². The van der Waals surface area contributed by atoms with Gasteiger partial charge in [-0.05, 0) is 47.5 Å². The second-order valence-corrected chi connectivity index (χ2v) is 12.7. The summed E-state index contributed by atoms with van der Waals surface area (Å²) < 4.78 is 15.6. The average molecular weight is 630 g/mol. The van der Waals surface area contributed by atoms with E-state index in [4.69, 9.17) is 13.8 Å². The zero-order valence-corrected chi connectivity index (χ0v) is 26.2. The van der Waals surface area contributed by atoms with Crippen molar-refractivity contribution in [2.45, 2.75) is 6.17 Å². The van der Waals surface area contributed by atoms with Gasteiger partial charge in [0.1, 0.15) is 17.3 Å². The van der Waals surface area contributed by atoms with Crippen molar-refractivity contribution in [2.24, 2.45) is 4.99 Å². The second-order valence-electron chi connectivity index (χ2n) is 12.7. The SMILES string of the molecule is c1ccc(C2=c3ccccc3=NC(c3ccc(-n4c5ccccc5c5c6c7ccccc7oc6c6oc7ccccc7c6c54)cc3)N2)cc1. The summed E-state index contributed by atoms with van der Waals surface area (Å²) in [5.74, 6) is 0. The van der Waals surface area contributed by atoms with Crippen LogP contribution in [0.4, 0.5) is 0 Å². The molecule has 10 aromatic rings. The lowest BCUT2D eigenvalue weighted by atomic mass is 10.0. The first-order valence-corrected chi connectivity index (χ1v) is 16.6. The fourth-order valence-electron chi connectivity index (χ4n) is 7.88. The van der Waals surface area contributed by atoms with Gasteiger partial charge in [-0.1, -0.05) is 115 Å². The van der Waals surface area contributed by atoms with Crippen molar-refractivity contribution < 1.29 is 8.83 Å². The second kappa shape index (κ2) is 9.96. The highest BCUT2D eigenvalue weighted by Gasteiger charge is 2.26. The summed E-state index contributed by atoms with van der Waals surface area (Å²) in [5.41, 5.74) is 9.89. The Labute approximate surface area is 279 Å². The minimum absolute atomic E-state index is 0.223. The van der Waals surface area contributed by atoms with Gasteiger partial charge in [-0.2, -0.15) is 0 Å². The molecule has 1 N–H and O–H groups in total. The fourth-order valence-corrected chi connectivity index (χ4v) is 7.88. The molecule has 4 heterocycles. The van der Waals surface area contributed by atoms with Crippen molar-refractivity contribution >= 4 is 71.4 Å². The van der Waals surface area contributed by atoms with E-state index in [1.807, 2.05) is 30.3 Å². The van der Waals surface area contributed by atoms with E-state index in [0.29, 0.717) is 0 Å². The summed E-state index contributed by atoms with van der Waals surface area (Å²) in [6.07, 6.45) is -0.223. The monoisotopic (exact) mass is 629 g/mol. The molecule has 1 aliphatic heterocycles. The Hall–Kier alpha value is -6.59. The third kappa shape index (κ3) is 3.72. The standard InChI is InChI=1S/C44H27N3O2/c1-2-12-26(13-3-1)40-29-14-4-8-18-33(29)45-44(46-40)27-22-24-28(25-23-27)47-34-19-9-5-15-30(34)37-38-31-16-6-10-20-35(31)48-42(38)43-39(41(37)47)32-17-7-11-21-36(32)49-43/h1-25,44,46H. The van der Waals surface area contributed by atoms with E-state index >= 15 is 0 Å². The van der Waals surface area contributed by atoms with Gasteiger partial charge in [0.25, 0.3) is 0 Å². The zero-order chi connectivity index (χ0) is 32.1. The molecule has 5 nitrogen and oxygen atoms in total. The maximum atomic E-state index is 6.63. The van der Waals surface area contributed by atoms with E-state index in [1.54, 1.807) is 0 Å². The Morgan fingerprint density at radius 1 is 0.531 bits per heavy atom. The highest BCUT2D eigenvalue weighted by molar-refractivity contribution is 6.38. The molecule has 0 amide bonds. The van der Waals surface area contributed by atoms with Crippen LogP contribution in [0, 0.1) is 0 Å². The van der Waals surface area contributed by atoms with Gasteiger partial charge in [-0.25, -0.2) is 0 Å². The molecule has 0 aliphatic carbocycles. The molecule has 0 saturated carbocycles. The van der Waals surface area contributed by atoms with Gasteiger partial charge in [0, 0.05) is 37.8 Å². The molecule has 230 valence electrons. The van der Waals surface area contributed by atoms with Gasteiger partial charge in [0.15, 0.2) is 11.2 Å². The normalized spacial score (nSPS) is 14.6. The first-order chi connectivity index (χ1) is 24.3. The number of aromatic nitrogens is 1. The lowest BCUT2D eigenvalue weighted by Crippen LogP contribution is -2.39. The van der Waals surface area contributed by atoms with Crippen LogP contribution in [0.2, 0.25) is 0 Å². The third-order valence-corrected chi connectivity index (χ3v) is 10.0. The van der Waals surface area contributed by atoms with Gasteiger partial charge >= 0.3 is 0 Å². The van der Waals surface area contributed by atoms with Crippen LogP contribution < -0.4 is 15.9 Å². The summed E-state index contributed by atoms with van der Waals surface area (Å²) in [6, 6.07) is 52.9.